The molecule has 30 heavy (non-hydrogen) atoms. The largest absolute Gasteiger partial charge is 0.369 e. The third-order valence-electron chi connectivity index (χ3n) is 5.48. The summed E-state index contributed by atoms with van der Waals surface area (Å²) in [6.07, 6.45) is 1.80. The number of imide groups is 1. The number of carbonyl (C=O) groups excluding carboxylic acids is 2. The summed E-state index contributed by atoms with van der Waals surface area (Å²) < 4.78 is 0. The number of nitrogens with zero attached hydrogens (tertiary/aromatic N) is 3. The van der Waals surface area contributed by atoms with Gasteiger partial charge in [-0.3, -0.25) is 19.4 Å². The summed E-state index contributed by atoms with van der Waals surface area (Å²) in [6, 6.07) is 14.0. The average molecular weight is 442 g/mol. The quantitative estimate of drug-likeness (QED) is 0.639. The topological polar surface area (TPSA) is 43.9 Å². The summed E-state index contributed by atoms with van der Waals surface area (Å²) >= 11 is 7.28. The van der Waals surface area contributed by atoms with Crippen LogP contribution in [0.1, 0.15) is 16.7 Å². The molecule has 2 aliphatic rings. The van der Waals surface area contributed by atoms with E-state index in [4.69, 9.17) is 11.6 Å². The molecular weight excluding hydrogens is 418 g/mol. The van der Waals surface area contributed by atoms with E-state index in [1.807, 2.05) is 50.2 Å². The van der Waals surface area contributed by atoms with Gasteiger partial charge in [-0.1, -0.05) is 47.5 Å². The van der Waals surface area contributed by atoms with E-state index < -0.39 is 0 Å². The molecule has 4 rings (SSSR count). The number of anilines is 1. The molecule has 0 radical (unpaired) electrons. The van der Waals surface area contributed by atoms with Crippen LogP contribution in [-0.4, -0.2) is 53.8 Å². The molecule has 0 bridgehead atoms. The third-order valence-corrected chi connectivity index (χ3v) is 6.80. The standard InChI is InChI=1S/C23H24ClN3O2S/c1-16-3-6-18(7-4-16)13-21-22(28)27(23(29)30-21)15-25-9-11-26(12-10-25)19-8-5-17(2)20(24)14-19/h3-8,13-14H,9-12,15H2,1-2H3/b21-13+. The van der Waals surface area contributed by atoms with Crippen LogP contribution < -0.4 is 4.90 Å². The number of piperazine rings is 1. The minimum Gasteiger partial charge on any atom is -0.369 e. The van der Waals surface area contributed by atoms with Crippen molar-refractivity contribution >= 4 is 46.3 Å². The fourth-order valence-electron chi connectivity index (χ4n) is 3.56. The van der Waals surface area contributed by atoms with Crippen LogP contribution in [0.3, 0.4) is 0 Å². The van der Waals surface area contributed by atoms with Crippen LogP contribution in [0.2, 0.25) is 5.02 Å². The van der Waals surface area contributed by atoms with Gasteiger partial charge in [0, 0.05) is 36.9 Å². The van der Waals surface area contributed by atoms with Crippen molar-refractivity contribution in [3.05, 3.63) is 69.1 Å². The number of benzene rings is 2. The Labute approximate surface area is 186 Å². The second kappa shape index (κ2) is 8.84. The number of rotatable bonds is 4. The molecule has 2 aromatic carbocycles. The molecule has 2 aromatic rings. The first-order chi connectivity index (χ1) is 14.4. The van der Waals surface area contributed by atoms with Gasteiger partial charge in [0.05, 0.1) is 11.6 Å². The second-order valence-electron chi connectivity index (χ2n) is 7.70. The number of halogens is 1. The minimum atomic E-state index is -0.210. The van der Waals surface area contributed by atoms with Crippen LogP contribution in [0, 0.1) is 13.8 Å². The van der Waals surface area contributed by atoms with Gasteiger partial charge in [-0.2, -0.15) is 0 Å². The molecule has 0 saturated carbocycles. The van der Waals surface area contributed by atoms with E-state index in [1.54, 1.807) is 6.08 Å². The molecule has 2 fully saturated rings. The Morgan fingerprint density at radius 3 is 2.37 bits per heavy atom. The van der Waals surface area contributed by atoms with Gasteiger partial charge >= 0.3 is 0 Å². The van der Waals surface area contributed by atoms with Crippen LogP contribution in [0.4, 0.5) is 10.5 Å². The summed E-state index contributed by atoms with van der Waals surface area (Å²) in [7, 11) is 0. The highest BCUT2D eigenvalue weighted by molar-refractivity contribution is 8.18. The lowest BCUT2D eigenvalue weighted by molar-refractivity contribution is -0.124. The molecular formula is C23H24ClN3O2S. The van der Waals surface area contributed by atoms with E-state index in [9.17, 15) is 9.59 Å². The summed E-state index contributed by atoms with van der Waals surface area (Å²) in [5, 5.41) is 0.569. The predicted molar refractivity (Wildman–Crippen MR) is 124 cm³/mol. The van der Waals surface area contributed by atoms with Crippen LogP contribution in [0.5, 0.6) is 0 Å². The first-order valence-electron chi connectivity index (χ1n) is 9.96. The van der Waals surface area contributed by atoms with E-state index in [0.29, 0.717) is 11.6 Å². The number of aryl methyl sites for hydroxylation is 2. The summed E-state index contributed by atoms with van der Waals surface area (Å²) in [5.74, 6) is -0.210. The van der Waals surface area contributed by atoms with Crippen LogP contribution in [0.25, 0.3) is 6.08 Å². The molecule has 5 nitrogen and oxygen atoms in total. The number of hydrogen-bond donors (Lipinski definition) is 0. The SMILES string of the molecule is Cc1ccc(/C=C2/SC(=O)N(CN3CCN(c4ccc(C)c(Cl)c4)CC3)C2=O)cc1. The number of amides is 2. The van der Waals surface area contributed by atoms with E-state index in [-0.39, 0.29) is 11.1 Å². The van der Waals surface area contributed by atoms with Crippen molar-refractivity contribution in [1.29, 1.82) is 0 Å². The maximum Gasteiger partial charge on any atom is 0.294 e. The lowest BCUT2D eigenvalue weighted by Crippen LogP contribution is -2.50. The van der Waals surface area contributed by atoms with Crippen LogP contribution in [0.15, 0.2) is 47.4 Å². The zero-order valence-electron chi connectivity index (χ0n) is 17.1. The van der Waals surface area contributed by atoms with E-state index in [1.165, 1.54) is 4.90 Å². The zero-order chi connectivity index (χ0) is 21.3. The highest BCUT2D eigenvalue weighted by Crippen LogP contribution is 2.32. The highest BCUT2D eigenvalue weighted by atomic mass is 35.5. The van der Waals surface area contributed by atoms with E-state index >= 15 is 0 Å². The van der Waals surface area contributed by atoms with Crippen molar-refractivity contribution < 1.29 is 9.59 Å². The van der Waals surface area contributed by atoms with Crippen LogP contribution in [-0.2, 0) is 4.79 Å². The highest BCUT2D eigenvalue weighted by Gasteiger charge is 2.36. The molecule has 2 amide bonds. The number of carbonyl (C=O) groups is 2. The van der Waals surface area contributed by atoms with Gasteiger partial charge in [-0.15, -0.1) is 0 Å². The van der Waals surface area contributed by atoms with Crippen molar-refractivity contribution in [2.45, 2.75) is 13.8 Å². The maximum absolute atomic E-state index is 12.8. The molecule has 0 spiro atoms. The Morgan fingerprint density at radius 2 is 1.70 bits per heavy atom. The molecule has 2 aliphatic heterocycles. The van der Waals surface area contributed by atoms with Crippen molar-refractivity contribution in [3.8, 4) is 0 Å². The minimum absolute atomic E-state index is 0.203. The molecule has 0 atom stereocenters. The lowest BCUT2D eigenvalue weighted by Gasteiger charge is -2.37. The van der Waals surface area contributed by atoms with Crippen molar-refractivity contribution in [3.63, 3.8) is 0 Å². The smallest absolute Gasteiger partial charge is 0.294 e. The molecule has 7 heteroatoms. The average Bonchev–Trinajstić information content (AvgIpc) is 3.00. The molecule has 0 unspecified atom stereocenters. The predicted octanol–water partition coefficient (Wildman–Crippen LogP) is 4.77. The van der Waals surface area contributed by atoms with Crippen molar-refractivity contribution in [1.82, 2.24) is 9.80 Å². The van der Waals surface area contributed by atoms with Gasteiger partial charge in [0.25, 0.3) is 11.1 Å². The fourth-order valence-corrected chi connectivity index (χ4v) is 4.57. The van der Waals surface area contributed by atoms with Crippen LogP contribution >= 0.6 is 23.4 Å². The summed E-state index contributed by atoms with van der Waals surface area (Å²) in [6.45, 7) is 7.56. The molecule has 0 N–H and O–H groups in total. The Hall–Kier alpha value is -2.28. The van der Waals surface area contributed by atoms with Gasteiger partial charge in [-0.05, 0) is 54.9 Å². The fraction of sp³-hybridized carbons (Fsp3) is 0.304. The lowest BCUT2D eigenvalue weighted by atomic mass is 10.1. The van der Waals surface area contributed by atoms with Crippen molar-refractivity contribution in [2.24, 2.45) is 0 Å². The van der Waals surface area contributed by atoms with Gasteiger partial charge in [0.1, 0.15) is 0 Å². The molecule has 2 heterocycles. The molecule has 156 valence electrons. The first-order valence-corrected chi connectivity index (χ1v) is 11.2. The van der Waals surface area contributed by atoms with E-state index in [0.717, 1.165) is 65.3 Å². The maximum atomic E-state index is 12.8. The first kappa shape index (κ1) is 21.0. The summed E-state index contributed by atoms with van der Waals surface area (Å²) in [5.41, 5.74) is 4.26. The van der Waals surface area contributed by atoms with Crippen molar-refractivity contribution in [2.75, 3.05) is 37.7 Å². The number of thioether (sulfide) groups is 1. The third kappa shape index (κ3) is 4.56. The van der Waals surface area contributed by atoms with Gasteiger partial charge in [0.2, 0.25) is 0 Å². The van der Waals surface area contributed by atoms with Gasteiger partial charge < -0.3 is 4.90 Å². The van der Waals surface area contributed by atoms with Gasteiger partial charge in [0.15, 0.2) is 0 Å². The second-order valence-corrected chi connectivity index (χ2v) is 9.10. The zero-order valence-corrected chi connectivity index (χ0v) is 18.7. The Morgan fingerprint density at radius 1 is 1.00 bits per heavy atom. The Kier molecular flexibility index (Phi) is 6.18. The molecule has 0 aromatic heterocycles. The normalized spacial score (nSPS) is 19.2. The Balaban J connectivity index is 1.36. The molecule has 0 aliphatic carbocycles. The van der Waals surface area contributed by atoms with E-state index in [2.05, 4.69) is 15.9 Å². The summed E-state index contributed by atoms with van der Waals surface area (Å²) in [4.78, 5) is 31.5. The monoisotopic (exact) mass is 441 g/mol. The Bertz CT molecular complexity index is 998. The molecule has 2 saturated heterocycles. The number of hydrogen-bond acceptors (Lipinski definition) is 5. The van der Waals surface area contributed by atoms with Gasteiger partial charge in [-0.25, -0.2) is 0 Å².